The van der Waals surface area contributed by atoms with Crippen LogP contribution in [0.3, 0.4) is 0 Å². The zero-order valence-electron chi connectivity index (χ0n) is 14.6. The largest absolute Gasteiger partial charge is 0.444 e. The third kappa shape index (κ3) is 12.2. The fraction of sp³-hybridized carbons (Fsp3) is 0.938. The van der Waals surface area contributed by atoms with E-state index in [1.165, 1.54) is 0 Å². The van der Waals surface area contributed by atoms with Gasteiger partial charge >= 0.3 is 6.09 Å². The Balaban J connectivity index is 1.80. The summed E-state index contributed by atoms with van der Waals surface area (Å²) in [5.74, 6) is 0. The number of nitrogens with one attached hydrogen (secondary N) is 1. The molecule has 1 heterocycles. The molecular weight excluding hydrogens is 302 g/mol. The quantitative estimate of drug-likeness (QED) is 0.617. The van der Waals surface area contributed by atoms with E-state index < -0.39 is 11.7 Å². The Morgan fingerprint density at radius 3 is 2.43 bits per heavy atom. The summed E-state index contributed by atoms with van der Waals surface area (Å²) < 4.78 is 26.9. The standard InChI is InChI=1S/C16H31NO6/c1-16(2,3)23-15(18)17-7-9-19-10-11-20-12-13-22-14-6-4-5-8-21-14/h14H,4-13H2,1-3H3,(H,17,18). The second-order valence-corrected chi connectivity index (χ2v) is 6.32. The zero-order valence-corrected chi connectivity index (χ0v) is 14.6. The minimum absolute atomic E-state index is 0.0671. The van der Waals surface area contributed by atoms with Crippen LogP contribution in [0, 0.1) is 0 Å². The van der Waals surface area contributed by atoms with Crippen molar-refractivity contribution in [2.24, 2.45) is 0 Å². The van der Waals surface area contributed by atoms with Gasteiger partial charge in [0.1, 0.15) is 5.60 Å². The number of carbonyl (C=O) groups excluding carboxylic acids is 1. The fourth-order valence-electron chi connectivity index (χ4n) is 1.94. The number of ether oxygens (including phenoxy) is 5. The summed E-state index contributed by atoms with van der Waals surface area (Å²) in [5, 5.41) is 2.63. The van der Waals surface area contributed by atoms with Gasteiger partial charge in [0.15, 0.2) is 6.29 Å². The van der Waals surface area contributed by atoms with Gasteiger partial charge in [-0.25, -0.2) is 4.79 Å². The van der Waals surface area contributed by atoms with Gasteiger partial charge in [0.2, 0.25) is 0 Å². The lowest BCUT2D eigenvalue weighted by molar-refractivity contribution is -0.169. The van der Waals surface area contributed by atoms with Crippen LogP contribution < -0.4 is 5.32 Å². The molecule has 7 heteroatoms. The minimum atomic E-state index is -0.483. The molecule has 1 rings (SSSR count). The molecule has 1 unspecified atom stereocenters. The molecule has 0 bridgehead atoms. The van der Waals surface area contributed by atoms with Crippen LogP contribution >= 0.6 is 0 Å². The van der Waals surface area contributed by atoms with E-state index in [9.17, 15) is 4.79 Å². The third-order valence-corrected chi connectivity index (χ3v) is 2.96. The summed E-state index contributed by atoms with van der Waals surface area (Å²) in [4.78, 5) is 11.4. The van der Waals surface area contributed by atoms with Crippen molar-refractivity contribution < 1.29 is 28.5 Å². The number of carbonyl (C=O) groups is 1. The topological polar surface area (TPSA) is 75.3 Å². The molecule has 0 aromatic heterocycles. The number of rotatable bonds is 10. The van der Waals surface area contributed by atoms with E-state index in [2.05, 4.69) is 5.32 Å². The van der Waals surface area contributed by atoms with Crippen molar-refractivity contribution in [3.63, 3.8) is 0 Å². The summed E-state index contributed by atoms with van der Waals surface area (Å²) >= 11 is 0. The van der Waals surface area contributed by atoms with Crippen LogP contribution in [0.1, 0.15) is 40.0 Å². The van der Waals surface area contributed by atoms with Gasteiger partial charge in [-0.2, -0.15) is 0 Å². The molecule has 1 atom stereocenters. The van der Waals surface area contributed by atoms with Crippen LogP contribution in [-0.4, -0.2) is 64.2 Å². The van der Waals surface area contributed by atoms with Crippen LogP contribution in [0.4, 0.5) is 4.79 Å². The van der Waals surface area contributed by atoms with Crippen molar-refractivity contribution in [1.29, 1.82) is 0 Å². The monoisotopic (exact) mass is 333 g/mol. The SMILES string of the molecule is CC(C)(C)OC(=O)NCCOCCOCCOC1CCCCO1. The highest BCUT2D eigenvalue weighted by Crippen LogP contribution is 2.13. The van der Waals surface area contributed by atoms with Crippen LogP contribution in [-0.2, 0) is 23.7 Å². The zero-order chi connectivity index (χ0) is 17.0. The first kappa shape index (κ1) is 20.2. The Hall–Kier alpha value is -0.890. The Morgan fingerprint density at radius 2 is 1.78 bits per heavy atom. The Kier molecular flexibility index (Phi) is 10.2. The normalized spacial score (nSPS) is 18.7. The molecule has 1 aliphatic heterocycles. The number of amides is 1. The van der Waals surface area contributed by atoms with E-state index in [1.54, 1.807) is 0 Å². The highest BCUT2D eigenvalue weighted by atomic mass is 16.7. The first-order chi connectivity index (χ1) is 11.0. The minimum Gasteiger partial charge on any atom is -0.444 e. The molecule has 1 fully saturated rings. The van der Waals surface area contributed by atoms with Crippen molar-refractivity contribution in [1.82, 2.24) is 5.32 Å². The second-order valence-electron chi connectivity index (χ2n) is 6.32. The molecule has 1 saturated heterocycles. The number of hydrogen-bond donors (Lipinski definition) is 1. The molecule has 1 N–H and O–H groups in total. The molecule has 0 aromatic carbocycles. The predicted octanol–water partition coefficient (Wildman–Crippen LogP) is 2.09. The molecule has 0 aliphatic carbocycles. The van der Waals surface area contributed by atoms with Gasteiger partial charge < -0.3 is 29.0 Å². The summed E-state index contributed by atoms with van der Waals surface area (Å²) in [7, 11) is 0. The van der Waals surface area contributed by atoms with Crippen molar-refractivity contribution in [3.8, 4) is 0 Å². The number of alkyl carbamates (subject to hydrolysis) is 1. The average molecular weight is 333 g/mol. The highest BCUT2D eigenvalue weighted by molar-refractivity contribution is 5.67. The lowest BCUT2D eigenvalue weighted by Crippen LogP contribution is -2.34. The van der Waals surface area contributed by atoms with E-state index >= 15 is 0 Å². The molecule has 0 radical (unpaired) electrons. The molecule has 0 spiro atoms. The Morgan fingerprint density at radius 1 is 1.09 bits per heavy atom. The van der Waals surface area contributed by atoms with Gasteiger partial charge in [-0.1, -0.05) is 0 Å². The summed E-state index contributed by atoms with van der Waals surface area (Å²) in [6, 6.07) is 0. The first-order valence-electron chi connectivity index (χ1n) is 8.33. The summed E-state index contributed by atoms with van der Waals surface area (Å²) in [5.41, 5.74) is -0.483. The van der Waals surface area contributed by atoms with E-state index in [-0.39, 0.29) is 6.29 Å². The molecule has 1 aliphatic rings. The van der Waals surface area contributed by atoms with Crippen molar-refractivity contribution in [2.45, 2.75) is 51.9 Å². The van der Waals surface area contributed by atoms with Gasteiger partial charge in [-0.15, -0.1) is 0 Å². The van der Waals surface area contributed by atoms with Gasteiger partial charge in [-0.05, 0) is 40.0 Å². The molecule has 23 heavy (non-hydrogen) atoms. The first-order valence-corrected chi connectivity index (χ1v) is 8.33. The third-order valence-electron chi connectivity index (χ3n) is 2.96. The lowest BCUT2D eigenvalue weighted by atomic mass is 10.2. The molecule has 7 nitrogen and oxygen atoms in total. The fourth-order valence-corrected chi connectivity index (χ4v) is 1.94. The molecular formula is C16H31NO6. The highest BCUT2D eigenvalue weighted by Gasteiger charge is 2.15. The van der Waals surface area contributed by atoms with E-state index in [4.69, 9.17) is 23.7 Å². The van der Waals surface area contributed by atoms with Gasteiger partial charge in [-0.3, -0.25) is 0 Å². The maximum atomic E-state index is 11.4. The van der Waals surface area contributed by atoms with Crippen molar-refractivity contribution in [3.05, 3.63) is 0 Å². The second kappa shape index (κ2) is 11.6. The smallest absolute Gasteiger partial charge is 0.407 e. The predicted molar refractivity (Wildman–Crippen MR) is 85.4 cm³/mol. The van der Waals surface area contributed by atoms with Crippen molar-refractivity contribution in [2.75, 3.05) is 46.2 Å². The van der Waals surface area contributed by atoms with Gasteiger partial charge in [0.05, 0.1) is 33.0 Å². The van der Waals surface area contributed by atoms with Crippen LogP contribution in [0.25, 0.3) is 0 Å². The van der Waals surface area contributed by atoms with Crippen LogP contribution in [0.2, 0.25) is 0 Å². The average Bonchev–Trinajstić information content (AvgIpc) is 2.48. The number of hydrogen-bond acceptors (Lipinski definition) is 6. The maximum Gasteiger partial charge on any atom is 0.407 e. The summed E-state index contributed by atoms with van der Waals surface area (Å²) in [6.45, 7) is 9.14. The molecule has 1 amide bonds. The molecule has 0 aromatic rings. The van der Waals surface area contributed by atoms with Crippen LogP contribution in [0.5, 0.6) is 0 Å². The summed E-state index contributed by atoms with van der Waals surface area (Å²) in [6.07, 6.45) is 2.75. The van der Waals surface area contributed by atoms with E-state index in [0.29, 0.717) is 39.6 Å². The Labute approximate surface area is 138 Å². The van der Waals surface area contributed by atoms with Gasteiger partial charge in [0.25, 0.3) is 0 Å². The van der Waals surface area contributed by atoms with E-state index in [0.717, 1.165) is 25.9 Å². The molecule has 136 valence electrons. The maximum absolute atomic E-state index is 11.4. The van der Waals surface area contributed by atoms with Crippen molar-refractivity contribution >= 4 is 6.09 Å². The van der Waals surface area contributed by atoms with E-state index in [1.807, 2.05) is 20.8 Å². The molecule has 0 saturated carbocycles. The Bertz CT molecular complexity index is 312. The van der Waals surface area contributed by atoms with Crippen LogP contribution in [0.15, 0.2) is 0 Å². The van der Waals surface area contributed by atoms with Gasteiger partial charge in [0, 0.05) is 13.2 Å². The lowest BCUT2D eigenvalue weighted by Gasteiger charge is -2.22.